The van der Waals surface area contributed by atoms with Gasteiger partial charge in [0.05, 0.1) is 42.3 Å². The molecule has 0 aliphatic heterocycles. The third kappa shape index (κ3) is 39.9. The molecular weight excluding hydrogens is 1060 g/mol. The number of ether oxygens (including phenoxy) is 4. The van der Waals surface area contributed by atoms with Crippen LogP contribution in [0.4, 0.5) is 0 Å². The molecule has 0 aromatic rings. The SMILES string of the molecule is CCCCCCCCCCCCCCCCCC(=O)OC[C@H](COP(=O)(O)OCCNC(=O)CCC(C)(C#N)C(C)(C)CC(C)(C(=O)OC(C)(CC)CCOC(C)(C)C)C(C)C)OC(=O)CCCCCCCCCCCCCCCCC. The molecule has 482 valence electrons. The second-order valence-electron chi connectivity index (χ2n) is 26.6. The number of esters is 3. The summed E-state index contributed by atoms with van der Waals surface area (Å²) in [6, 6.07) is 2.45. The number of carbonyl (C=O) groups is 4. The Balaban J connectivity index is 5.24. The van der Waals surface area contributed by atoms with Crippen LogP contribution in [0.2, 0.25) is 0 Å². The Morgan fingerprint density at radius 1 is 0.561 bits per heavy atom. The summed E-state index contributed by atoms with van der Waals surface area (Å²) in [5.41, 5.74) is -3.74. The number of unbranched alkanes of at least 4 members (excludes halogenated alkanes) is 28. The summed E-state index contributed by atoms with van der Waals surface area (Å²) in [5, 5.41) is 13.3. The Bertz CT molecular complexity index is 1760. The molecule has 0 saturated heterocycles. The predicted octanol–water partition coefficient (Wildman–Crippen LogP) is 18.5. The third-order valence-corrected chi connectivity index (χ3v) is 18.2. The highest BCUT2D eigenvalue weighted by molar-refractivity contribution is 7.47. The fourth-order valence-corrected chi connectivity index (χ4v) is 11.1. The standard InChI is InChI=1S/C67H127N2O12P/c1-14-17-19-21-23-25-27-29-31-33-35-37-39-41-43-45-60(71)76-53-58(80-61(72)46-44-42-40-38-36-34-32-30-28-26-24-22-20-18-15-2)54-79-82(74,75)78-52-50-69-59(70)47-48-65(11,56-68)64(9,10)55-67(13,57(4)5)62(73)81-66(12,16-3)49-51-77-63(6,7)8/h57-58H,14-55H2,1-13H3,(H,69,70)(H,74,75)/t58-,65?,66?,67?/m1/s1. The number of phosphoric acid groups is 1. The van der Waals surface area contributed by atoms with Gasteiger partial charge in [0.15, 0.2) is 6.10 Å². The first-order valence-corrected chi connectivity index (χ1v) is 34.8. The van der Waals surface area contributed by atoms with Crippen molar-refractivity contribution in [2.24, 2.45) is 22.2 Å². The maximum Gasteiger partial charge on any atom is 0.472 e. The first-order valence-electron chi connectivity index (χ1n) is 33.3. The van der Waals surface area contributed by atoms with Crippen LogP contribution in [-0.2, 0) is 51.7 Å². The van der Waals surface area contributed by atoms with Crippen molar-refractivity contribution >= 4 is 31.6 Å². The Labute approximate surface area is 502 Å². The van der Waals surface area contributed by atoms with Gasteiger partial charge in [-0.25, -0.2) is 4.57 Å². The van der Waals surface area contributed by atoms with Crippen molar-refractivity contribution in [2.75, 3.05) is 33.0 Å². The number of hydrogen-bond donors (Lipinski definition) is 2. The van der Waals surface area contributed by atoms with E-state index in [1.807, 2.05) is 76.2 Å². The van der Waals surface area contributed by atoms with Crippen molar-refractivity contribution in [3.05, 3.63) is 0 Å². The fourth-order valence-electron chi connectivity index (χ4n) is 10.3. The number of rotatable bonds is 55. The molecule has 0 spiro atoms. The quantitative estimate of drug-likeness (QED) is 0.0253. The number of hydrogen-bond acceptors (Lipinski definition) is 12. The average Bonchev–Trinajstić information content (AvgIpc) is 3.53. The molecule has 0 heterocycles. The summed E-state index contributed by atoms with van der Waals surface area (Å²) in [5.74, 6) is -1.76. The van der Waals surface area contributed by atoms with Crippen LogP contribution in [0.1, 0.15) is 328 Å². The smallest absolute Gasteiger partial charge is 0.462 e. The largest absolute Gasteiger partial charge is 0.472 e. The first-order chi connectivity index (χ1) is 38.7. The molecule has 0 radical (unpaired) electrons. The zero-order valence-corrected chi connectivity index (χ0v) is 56.1. The van der Waals surface area contributed by atoms with E-state index < -0.39 is 54.3 Å². The summed E-state index contributed by atoms with van der Waals surface area (Å²) in [6.45, 7) is 25.0. The number of nitrogens with zero attached hydrogens (tertiary/aromatic N) is 1. The second-order valence-corrected chi connectivity index (χ2v) is 28.1. The molecule has 0 saturated carbocycles. The highest BCUT2D eigenvalue weighted by atomic mass is 31.2. The van der Waals surface area contributed by atoms with E-state index in [1.54, 1.807) is 0 Å². The van der Waals surface area contributed by atoms with E-state index in [-0.39, 0.29) is 68.8 Å². The van der Waals surface area contributed by atoms with E-state index in [4.69, 9.17) is 28.0 Å². The number of nitriles is 1. The minimum Gasteiger partial charge on any atom is -0.462 e. The van der Waals surface area contributed by atoms with Gasteiger partial charge in [0.1, 0.15) is 12.2 Å². The van der Waals surface area contributed by atoms with Crippen molar-refractivity contribution < 1.29 is 56.6 Å². The van der Waals surface area contributed by atoms with Crippen LogP contribution in [0.3, 0.4) is 0 Å². The Kier molecular flexibility index (Phi) is 44.3. The van der Waals surface area contributed by atoms with Gasteiger partial charge in [0, 0.05) is 32.2 Å². The topological polar surface area (TPSA) is 197 Å². The van der Waals surface area contributed by atoms with Gasteiger partial charge in [-0.05, 0) is 85.0 Å². The summed E-state index contributed by atoms with van der Waals surface area (Å²) in [4.78, 5) is 63.7. The highest BCUT2D eigenvalue weighted by Gasteiger charge is 2.51. The average molecular weight is 1180 g/mol. The summed E-state index contributed by atoms with van der Waals surface area (Å²) < 4.78 is 46.9. The lowest BCUT2D eigenvalue weighted by Gasteiger charge is -2.46. The van der Waals surface area contributed by atoms with Crippen molar-refractivity contribution in [1.29, 1.82) is 5.26 Å². The van der Waals surface area contributed by atoms with Crippen molar-refractivity contribution in [1.82, 2.24) is 5.32 Å². The molecule has 0 aromatic carbocycles. The van der Waals surface area contributed by atoms with Gasteiger partial charge in [0.2, 0.25) is 5.91 Å². The zero-order valence-electron chi connectivity index (χ0n) is 55.2. The summed E-state index contributed by atoms with van der Waals surface area (Å²) >= 11 is 0. The Morgan fingerprint density at radius 3 is 1.39 bits per heavy atom. The van der Waals surface area contributed by atoms with Crippen LogP contribution in [0.15, 0.2) is 0 Å². The number of nitrogens with one attached hydrogen (secondary N) is 1. The lowest BCUT2D eigenvalue weighted by Crippen LogP contribution is -2.47. The zero-order chi connectivity index (χ0) is 61.8. The molecule has 5 atom stereocenters. The summed E-state index contributed by atoms with van der Waals surface area (Å²) in [7, 11) is -4.70. The lowest BCUT2D eigenvalue weighted by molar-refractivity contribution is -0.179. The molecule has 15 heteroatoms. The number of carbonyl (C=O) groups excluding carboxylic acids is 4. The second kappa shape index (κ2) is 45.7. The molecule has 0 aliphatic rings. The van der Waals surface area contributed by atoms with E-state index in [0.29, 0.717) is 38.7 Å². The summed E-state index contributed by atoms with van der Waals surface area (Å²) in [6.07, 6.45) is 37.3. The van der Waals surface area contributed by atoms with Gasteiger partial charge in [0.25, 0.3) is 0 Å². The molecule has 4 unspecified atom stereocenters. The van der Waals surface area contributed by atoms with E-state index in [9.17, 15) is 33.9 Å². The number of phosphoric ester groups is 1. The van der Waals surface area contributed by atoms with Crippen LogP contribution in [0.5, 0.6) is 0 Å². The molecular formula is C67H127N2O12P. The molecule has 1 amide bonds. The molecule has 0 aromatic heterocycles. The predicted molar refractivity (Wildman–Crippen MR) is 334 cm³/mol. The van der Waals surface area contributed by atoms with Crippen molar-refractivity contribution in [2.45, 2.75) is 345 Å². The maximum atomic E-state index is 14.1. The van der Waals surface area contributed by atoms with E-state index >= 15 is 0 Å². The van der Waals surface area contributed by atoms with Gasteiger partial charge in [-0.1, -0.05) is 228 Å². The van der Waals surface area contributed by atoms with Gasteiger partial charge in [-0.3, -0.25) is 28.2 Å². The highest BCUT2D eigenvalue weighted by Crippen LogP contribution is 2.52. The minimum absolute atomic E-state index is 0.0180. The number of amides is 1. The third-order valence-electron chi connectivity index (χ3n) is 17.2. The first kappa shape index (κ1) is 79.4. The normalized spacial score (nSPS) is 15.4. The molecule has 0 aliphatic carbocycles. The van der Waals surface area contributed by atoms with E-state index in [0.717, 1.165) is 38.5 Å². The van der Waals surface area contributed by atoms with Gasteiger partial charge >= 0.3 is 25.7 Å². The molecule has 2 N–H and O–H groups in total. The van der Waals surface area contributed by atoms with Crippen LogP contribution in [0.25, 0.3) is 0 Å². The maximum absolute atomic E-state index is 14.1. The lowest BCUT2D eigenvalue weighted by atomic mass is 9.57. The minimum atomic E-state index is -4.70. The van der Waals surface area contributed by atoms with Gasteiger partial charge in [-0.2, -0.15) is 5.26 Å². The fraction of sp³-hybridized carbons (Fsp3) is 0.925. The van der Waals surface area contributed by atoms with Crippen LogP contribution in [0, 0.1) is 33.5 Å². The molecule has 0 bridgehead atoms. The van der Waals surface area contributed by atoms with Crippen LogP contribution in [-0.4, -0.2) is 79.0 Å². The molecule has 82 heavy (non-hydrogen) atoms. The van der Waals surface area contributed by atoms with Crippen LogP contribution < -0.4 is 5.32 Å². The molecule has 0 fully saturated rings. The van der Waals surface area contributed by atoms with Crippen LogP contribution >= 0.6 is 7.82 Å². The van der Waals surface area contributed by atoms with Crippen molar-refractivity contribution in [3.8, 4) is 6.07 Å². The van der Waals surface area contributed by atoms with E-state index in [2.05, 4.69) is 25.2 Å². The van der Waals surface area contributed by atoms with Crippen molar-refractivity contribution in [3.63, 3.8) is 0 Å². The molecule has 14 nitrogen and oxygen atoms in total. The van der Waals surface area contributed by atoms with E-state index in [1.165, 1.54) is 141 Å². The Hall–Kier alpha value is -2.56. The van der Waals surface area contributed by atoms with Gasteiger partial charge in [-0.15, -0.1) is 0 Å². The monoisotopic (exact) mass is 1180 g/mol. The van der Waals surface area contributed by atoms with Gasteiger partial charge < -0.3 is 29.2 Å². The Morgan fingerprint density at radius 2 is 0.988 bits per heavy atom. The molecule has 0 rings (SSSR count).